The molecule has 2 aromatic carbocycles. The topological polar surface area (TPSA) is 92.1 Å². The number of amides is 1. The molecule has 0 unspecified atom stereocenters. The van der Waals surface area contributed by atoms with E-state index in [0.717, 1.165) is 89.5 Å². The minimum Gasteiger partial charge on any atom is -0.452 e. The number of esters is 1. The molecule has 0 bridgehead atoms. The predicted octanol–water partition coefficient (Wildman–Crippen LogP) is 6.39. The SMILES string of the molecule is N#Cc1c(NC(=O)COC(=O)c2c3c(nc4ccccc24)CCCCCC3)sc2c1CCc1ccccc1-2. The number of aryl methyl sites for hydroxylation is 2. The number of fused-ring (bicyclic) bond motifs is 5. The number of thiophene rings is 1. The molecule has 2 aliphatic rings. The van der Waals surface area contributed by atoms with Gasteiger partial charge in [0.1, 0.15) is 11.1 Å². The van der Waals surface area contributed by atoms with E-state index < -0.39 is 18.5 Å². The predicted molar refractivity (Wildman–Crippen MR) is 148 cm³/mol. The summed E-state index contributed by atoms with van der Waals surface area (Å²) in [6, 6.07) is 18.1. The Morgan fingerprint density at radius 1 is 0.947 bits per heavy atom. The molecule has 2 aliphatic carbocycles. The average molecular weight is 522 g/mol. The van der Waals surface area contributed by atoms with E-state index in [9.17, 15) is 14.9 Å². The van der Waals surface area contributed by atoms with Gasteiger partial charge in [-0.25, -0.2) is 4.79 Å². The molecule has 0 spiro atoms. The van der Waals surface area contributed by atoms with Crippen molar-refractivity contribution in [3.05, 3.63) is 82.0 Å². The standard InChI is InChI=1S/C31H27N3O3S/c32-17-24-21-16-15-19-9-5-6-10-20(19)29(21)38-30(24)34-27(35)18-37-31(36)28-22-11-3-1-2-4-13-25(22)33-26-14-8-7-12-23(26)28/h5-10,12,14H,1-4,11,13,15-16,18H2,(H,34,35). The first-order chi connectivity index (χ1) is 18.6. The largest absolute Gasteiger partial charge is 0.452 e. The molecule has 2 aromatic heterocycles. The van der Waals surface area contributed by atoms with Crippen LogP contribution >= 0.6 is 11.3 Å². The number of aromatic nitrogens is 1. The second-order valence-electron chi connectivity index (χ2n) is 9.85. The van der Waals surface area contributed by atoms with Crippen LogP contribution in [0.3, 0.4) is 0 Å². The van der Waals surface area contributed by atoms with Crippen molar-refractivity contribution in [2.45, 2.75) is 51.4 Å². The third kappa shape index (κ3) is 4.46. The molecule has 0 saturated heterocycles. The zero-order chi connectivity index (χ0) is 26.1. The zero-order valence-corrected chi connectivity index (χ0v) is 21.8. The van der Waals surface area contributed by atoms with Gasteiger partial charge in [-0.2, -0.15) is 5.26 Å². The summed E-state index contributed by atoms with van der Waals surface area (Å²) in [5, 5.41) is 14.0. The number of carbonyl (C=O) groups is 2. The quantitative estimate of drug-likeness (QED) is 0.314. The van der Waals surface area contributed by atoms with Crippen molar-refractivity contribution < 1.29 is 14.3 Å². The van der Waals surface area contributed by atoms with Gasteiger partial charge in [0.25, 0.3) is 5.91 Å². The molecular weight excluding hydrogens is 494 g/mol. The summed E-state index contributed by atoms with van der Waals surface area (Å²) in [4.78, 5) is 32.2. The highest BCUT2D eigenvalue weighted by molar-refractivity contribution is 7.20. The summed E-state index contributed by atoms with van der Waals surface area (Å²) < 4.78 is 5.58. The Morgan fingerprint density at radius 2 is 1.74 bits per heavy atom. The van der Waals surface area contributed by atoms with Crippen molar-refractivity contribution in [2.24, 2.45) is 0 Å². The monoisotopic (exact) mass is 521 g/mol. The number of pyridine rings is 1. The molecule has 1 N–H and O–H groups in total. The maximum absolute atomic E-state index is 13.4. The Morgan fingerprint density at radius 3 is 2.61 bits per heavy atom. The van der Waals surface area contributed by atoms with Crippen LogP contribution in [-0.2, 0) is 35.2 Å². The summed E-state index contributed by atoms with van der Waals surface area (Å²) in [5.41, 5.74) is 7.05. The number of hydrogen-bond acceptors (Lipinski definition) is 6. The zero-order valence-electron chi connectivity index (χ0n) is 21.0. The van der Waals surface area contributed by atoms with E-state index in [-0.39, 0.29) is 0 Å². The van der Waals surface area contributed by atoms with Crippen molar-refractivity contribution in [2.75, 3.05) is 11.9 Å². The van der Waals surface area contributed by atoms with Gasteiger partial charge in [-0.05, 0) is 66.8 Å². The fraction of sp³-hybridized carbons (Fsp3) is 0.290. The molecule has 2 heterocycles. The van der Waals surface area contributed by atoms with Gasteiger partial charge >= 0.3 is 5.97 Å². The van der Waals surface area contributed by atoms with E-state index in [0.29, 0.717) is 16.1 Å². The van der Waals surface area contributed by atoms with Crippen molar-refractivity contribution in [3.63, 3.8) is 0 Å². The molecule has 6 nitrogen and oxygen atoms in total. The molecule has 6 rings (SSSR count). The Bertz CT molecular complexity index is 1610. The van der Waals surface area contributed by atoms with Gasteiger partial charge in [-0.1, -0.05) is 55.3 Å². The molecule has 0 saturated carbocycles. The number of para-hydroxylation sites is 1. The van der Waals surface area contributed by atoms with Crippen LogP contribution in [-0.4, -0.2) is 23.5 Å². The number of rotatable bonds is 4. The van der Waals surface area contributed by atoms with Gasteiger partial charge in [0.2, 0.25) is 0 Å². The Kier molecular flexibility index (Phi) is 6.65. The second-order valence-corrected chi connectivity index (χ2v) is 10.9. The first kappa shape index (κ1) is 24.3. The maximum Gasteiger partial charge on any atom is 0.339 e. The molecule has 190 valence electrons. The summed E-state index contributed by atoms with van der Waals surface area (Å²) in [7, 11) is 0. The highest BCUT2D eigenvalue weighted by Gasteiger charge is 2.26. The van der Waals surface area contributed by atoms with Crippen LogP contribution in [0.15, 0.2) is 48.5 Å². The number of ether oxygens (including phenoxy) is 1. The van der Waals surface area contributed by atoms with Crippen molar-refractivity contribution in [1.82, 2.24) is 4.98 Å². The van der Waals surface area contributed by atoms with Crippen LogP contribution in [0.4, 0.5) is 5.00 Å². The van der Waals surface area contributed by atoms with E-state index in [1.165, 1.54) is 16.9 Å². The number of nitrogens with one attached hydrogen (secondary N) is 1. The minimum atomic E-state index is -0.504. The van der Waals surface area contributed by atoms with E-state index in [1.54, 1.807) is 0 Å². The number of hydrogen-bond donors (Lipinski definition) is 1. The van der Waals surface area contributed by atoms with Crippen LogP contribution in [0.1, 0.15) is 64.0 Å². The average Bonchev–Trinajstić information content (AvgIpc) is 3.28. The third-order valence-corrected chi connectivity index (χ3v) is 8.67. The van der Waals surface area contributed by atoms with Crippen LogP contribution < -0.4 is 5.32 Å². The summed E-state index contributed by atoms with van der Waals surface area (Å²) >= 11 is 1.41. The lowest BCUT2D eigenvalue weighted by Crippen LogP contribution is -2.22. The smallest absolute Gasteiger partial charge is 0.339 e. The Labute approximate surface area is 225 Å². The molecule has 7 heteroatoms. The molecule has 0 radical (unpaired) electrons. The molecular formula is C31H27N3O3S. The van der Waals surface area contributed by atoms with Crippen LogP contribution in [0.2, 0.25) is 0 Å². The molecule has 0 atom stereocenters. The van der Waals surface area contributed by atoms with Gasteiger partial charge in [0.05, 0.1) is 16.6 Å². The minimum absolute atomic E-state index is 0.422. The molecule has 1 amide bonds. The van der Waals surface area contributed by atoms with Crippen LogP contribution in [0, 0.1) is 11.3 Å². The number of nitrogens with zero attached hydrogens (tertiary/aromatic N) is 2. The fourth-order valence-electron chi connectivity index (χ4n) is 5.67. The third-order valence-electron chi connectivity index (χ3n) is 7.49. The van der Waals surface area contributed by atoms with Crippen molar-refractivity contribution in [3.8, 4) is 16.5 Å². The van der Waals surface area contributed by atoms with Gasteiger partial charge in [-0.15, -0.1) is 11.3 Å². The van der Waals surface area contributed by atoms with E-state index in [4.69, 9.17) is 9.72 Å². The van der Waals surface area contributed by atoms with Gasteiger partial charge in [-0.3, -0.25) is 9.78 Å². The summed E-state index contributed by atoms with van der Waals surface area (Å²) in [6.07, 6.45) is 7.57. The molecule has 0 aliphatic heterocycles. The number of benzene rings is 2. The summed E-state index contributed by atoms with van der Waals surface area (Å²) in [5.74, 6) is -0.960. The number of nitriles is 1. The molecule has 0 fully saturated rings. The van der Waals surface area contributed by atoms with Crippen LogP contribution in [0.25, 0.3) is 21.3 Å². The van der Waals surface area contributed by atoms with Crippen LogP contribution in [0.5, 0.6) is 0 Å². The lowest BCUT2D eigenvalue weighted by atomic mass is 9.90. The Hall–Kier alpha value is -4.02. The second kappa shape index (κ2) is 10.4. The van der Waals surface area contributed by atoms with Crippen molar-refractivity contribution >= 4 is 39.1 Å². The number of carbonyl (C=O) groups excluding carboxylic acids is 2. The highest BCUT2D eigenvalue weighted by Crippen LogP contribution is 2.44. The first-order valence-electron chi connectivity index (χ1n) is 13.2. The van der Waals surface area contributed by atoms with E-state index in [2.05, 4.69) is 23.5 Å². The normalized spacial score (nSPS) is 14.3. The molecule has 4 aromatic rings. The first-order valence-corrected chi connectivity index (χ1v) is 14.0. The summed E-state index contributed by atoms with van der Waals surface area (Å²) in [6.45, 7) is -0.422. The number of anilines is 1. The fourth-order valence-corrected chi connectivity index (χ4v) is 6.95. The van der Waals surface area contributed by atoms with Gasteiger partial charge < -0.3 is 10.1 Å². The highest BCUT2D eigenvalue weighted by atomic mass is 32.1. The lowest BCUT2D eigenvalue weighted by molar-refractivity contribution is -0.119. The molecule has 38 heavy (non-hydrogen) atoms. The van der Waals surface area contributed by atoms with E-state index in [1.807, 2.05) is 36.4 Å². The van der Waals surface area contributed by atoms with Crippen molar-refractivity contribution in [1.29, 1.82) is 5.26 Å². The van der Waals surface area contributed by atoms with Gasteiger partial charge in [0.15, 0.2) is 6.61 Å². The Balaban J connectivity index is 1.24. The lowest BCUT2D eigenvalue weighted by Gasteiger charge is -2.18. The maximum atomic E-state index is 13.4. The van der Waals surface area contributed by atoms with E-state index >= 15 is 0 Å². The van der Waals surface area contributed by atoms with Gasteiger partial charge in [0, 0.05) is 16.0 Å².